The molecule has 10 heteroatoms. The van der Waals surface area contributed by atoms with Gasteiger partial charge in [-0.25, -0.2) is 14.0 Å². The molecule has 0 aliphatic carbocycles. The number of hydrogen-bond acceptors (Lipinski definition) is 5. The third-order valence-corrected chi connectivity index (χ3v) is 6.35. The second-order valence-corrected chi connectivity index (χ2v) is 8.57. The first kappa shape index (κ1) is 24.2. The van der Waals surface area contributed by atoms with Gasteiger partial charge in [-0.3, -0.25) is 9.59 Å². The number of esters is 1. The minimum atomic E-state index is -0.587. The Labute approximate surface area is 202 Å². The van der Waals surface area contributed by atoms with E-state index in [1.165, 1.54) is 24.1 Å². The Morgan fingerprint density at radius 3 is 2.37 bits per heavy atom. The number of carbonyl (C=O) groups excluding carboxylic acids is 4. The number of ether oxygens (including phenoxy) is 1. The number of nitrogens with zero attached hydrogens (tertiary/aromatic N) is 3. The lowest BCUT2D eigenvalue weighted by Gasteiger charge is -2.42. The summed E-state index contributed by atoms with van der Waals surface area (Å²) in [6.07, 6.45) is 1.13. The summed E-state index contributed by atoms with van der Waals surface area (Å²) < 4.78 is 18.1. The Hall–Kier alpha value is -3.95. The van der Waals surface area contributed by atoms with E-state index in [-0.39, 0.29) is 24.4 Å². The number of methoxy groups -OCH3 is 1. The highest BCUT2D eigenvalue weighted by molar-refractivity contribution is 6.35. The number of rotatable bonds is 5. The zero-order valence-corrected chi connectivity index (χ0v) is 19.4. The van der Waals surface area contributed by atoms with Gasteiger partial charge >= 0.3 is 23.8 Å². The van der Waals surface area contributed by atoms with Crippen LogP contribution in [0.2, 0.25) is 0 Å². The zero-order valence-electron chi connectivity index (χ0n) is 19.4. The van der Waals surface area contributed by atoms with E-state index in [4.69, 9.17) is 0 Å². The van der Waals surface area contributed by atoms with Crippen LogP contribution in [0.5, 0.6) is 0 Å². The second kappa shape index (κ2) is 10.5. The normalized spacial score (nSPS) is 16.9. The molecule has 0 bridgehead atoms. The molecule has 2 aromatic carbocycles. The van der Waals surface area contributed by atoms with Crippen LogP contribution in [0.1, 0.15) is 28.8 Å². The molecule has 2 aliphatic heterocycles. The van der Waals surface area contributed by atoms with E-state index in [9.17, 15) is 23.6 Å². The Balaban J connectivity index is 1.27. The SMILES string of the molecule is COC(=O)c1ccc(NC(=O)N2CCC(N3CCN(Cc4cccc(F)c4)C(=O)C3=O)CC2)cc1. The topological polar surface area (TPSA) is 99.3 Å². The maximum absolute atomic E-state index is 13.4. The van der Waals surface area contributed by atoms with Gasteiger partial charge in [-0.15, -0.1) is 0 Å². The second-order valence-electron chi connectivity index (χ2n) is 8.57. The van der Waals surface area contributed by atoms with Crippen LogP contribution in [-0.2, 0) is 20.9 Å². The predicted octanol–water partition coefficient (Wildman–Crippen LogP) is 2.48. The van der Waals surface area contributed by atoms with Crippen LogP contribution in [0.25, 0.3) is 0 Å². The highest BCUT2D eigenvalue weighted by Gasteiger charge is 2.38. The van der Waals surface area contributed by atoms with E-state index >= 15 is 0 Å². The Kier molecular flexibility index (Phi) is 7.28. The van der Waals surface area contributed by atoms with E-state index in [0.717, 1.165) is 0 Å². The summed E-state index contributed by atoms with van der Waals surface area (Å²) >= 11 is 0. The number of likely N-dealkylation sites (tertiary alicyclic amines) is 1. The summed E-state index contributed by atoms with van der Waals surface area (Å²) in [5.74, 6) is -1.97. The molecule has 2 heterocycles. The molecular weight excluding hydrogens is 455 g/mol. The molecule has 4 amide bonds. The highest BCUT2D eigenvalue weighted by Crippen LogP contribution is 2.21. The van der Waals surface area contributed by atoms with Crippen molar-refractivity contribution in [1.82, 2.24) is 14.7 Å². The first-order valence-electron chi connectivity index (χ1n) is 11.4. The van der Waals surface area contributed by atoms with Gasteiger partial charge in [0.25, 0.3) is 0 Å². The van der Waals surface area contributed by atoms with Crippen LogP contribution in [0.3, 0.4) is 0 Å². The lowest BCUT2D eigenvalue weighted by atomic mass is 10.0. The number of urea groups is 1. The third-order valence-electron chi connectivity index (χ3n) is 6.35. The third kappa shape index (κ3) is 5.59. The van der Waals surface area contributed by atoms with Gasteiger partial charge in [0.2, 0.25) is 0 Å². The van der Waals surface area contributed by atoms with E-state index in [2.05, 4.69) is 10.1 Å². The minimum Gasteiger partial charge on any atom is -0.465 e. The fraction of sp³-hybridized carbons (Fsp3) is 0.360. The van der Waals surface area contributed by atoms with Crippen molar-refractivity contribution in [2.24, 2.45) is 0 Å². The Morgan fingerprint density at radius 1 is 1.00 bits per heavy atom. The average molecular weight is 483 g/mol. The van der Waals surface area contributed by atoms with Crippen molar-refractivity contribution in [3.8, 4) is 0 Å². The van der Waals surface area contributed by atoms with Gasteiger partial charge in [-0.2, -0.15) is 0 Å². The summed E-state index contributed by atoms with van der Waals surface area (Å²) in [6.45, 7) is 1.87. The number of piperazine rings is 1. The lowest BCUT2D eigenvalue weighted by Crippen LogP contribution is -2.59. The summed E-state index contributed by atoms with van der Waals surface area (Å²) in [5, 5.41) is 2.81. The predicted molar refractivity (Wildman–Crippen MR) is 125 cm³/mol. The van der Waals surface area contributed by atoms with Crippen LogP contribution in [-0.4, -0.2) is 77.8 Å². The number of halogens is 1. The monoisotopic (exact) mass is 482 g/mol. The lowest BCUT2D eigenvalue weighted by molar-refractivity contribution is -0.158. The molecule has 2 aromatic rings. The fourth-order valence-corrected chi connectivity index (χ4v) is 4.44. The molecule has 2 fully saturated rings. The number of anilines is 1. The van der Waals surface area contributed by atoms with E-state index < -0.39 is 17.8 Å². The molecule has 0 saturated carbocycles. The quantitative estimate of drug-likeness (QED) is 0.522. The van der Waals surface area contributed by atoms with Crippen molar-refractivity contribution < 1.29 is 28.3 Å². The molecule has 2 aliphatic rings. The summed E-state index contributed by atoms with van der Waals surface area (Å²) in [5.41, 5.74) is 1.58. The largest absolute Gasteiger partial charge is 0.465 e. The van der Waals surface area contributed by atoms with Crippen LogP contribution in [0.4, 0.5) is 14.9 Å². The van der Waals surface area contributed by atoms with Gasteiger partial charge < -0.3 is 24.8 Å². The van der Waals surface area contributed by atoms with Gasteiger partial charge in [0.1, 0.15) is 5.82 Å². The van der Waals surface area contributed by atoms with Crippen molar-refractivity contribution >= 4 is 29.5 Å². The van der Waals surface area contributed by atoms with E-state index in [0.29, 0.717) is 55.8 Å². The van der Waals surface area contributed by atoms with Gasteiger partial charge in [0.05, 0.1) is 12.7 Å². The van der Waals surface area contributed by atoms with Crippen LogP contribution >= 0.6 is 0 Å². The first-order valence-corrected chi connectivity index (χ1v) is 11.4. The van der Waals surface area contributed by atoms with Crippen LogP contribution in [0.15, 0.2) is 48.5 Å². The van der Waals surface area contributed by atoms with Crippen molar-refractivity contribution in [2.45, 2.75) is 25.4 Å². The maximum Gasteiger partial charge on any atom is 0.337 e. The summed E-state index contributed by atoms with van der Waals surface area (Å²) in [6, 6.07) is 12.0. The molecule has 4 rings (SSSR count). The first-order chi connectivity index (χ1) is 16.9. The number of piperidine rings is 1. The zero-order chi connectivity index (χ0) is 24.9. The highest BCUT2D eigenvalue weighted by atomic mass is 19.1. The molecule has 35 heavy (non-hydrogen) atoms. The molecule has 9 nitrogen and oxygen atoms in total. The Bertz CT molecular complexity index is 1120. The molecular formula is C25H27FN4O5. The van der Waals surface area contributed by atoms with Gasteiger partial charge in [0.15, 0.2) is 0 Å². The van der Waals surface area contributed by atoms with E-state index in [1.54, 1.807) is 46.2 Å². The maximum atomic E-state index is 13.4. The van der Waals surface area contributed by atoms with Crippen molar-refractivity contribution in [3.63, 3.8) is 0 Å². The van der Waals surface area contributed by atoms with Crippen molar-refractivity contribution in [1.29, 1.82) is 0 Å². The van der Waals surface area contributed by atoms with Crippen LogP contribution < -0.4 is 5.32 Å². The number of amides is 4. The molecule has 0 aromatic heterocycles. The Morgan fingerprint density at radius 2 is 1.71 bits per heavy atom. The molecule has 0 atom stereocenters. The summed E-state index contributed by atoms with van der Waals surface area (Å²) in [4.78, 5) is 54.3. The number of carbonyl (C=O) groups is 4. The number of nitrogens with one attached hydrogen (secondary N) is 1. The van der Waals surface area contributed by atoms with E-state index in [1.807, 2.05) is 0 Å². The van der Waals surface area contributed by atoms with Gasteiger partial charge in [0, 0.05) is 44.5 Å². The summed E-state index contributed by atoms with van der Waals surface area (Å²) in [7, 11) is 1.30. The number of hydrogen-bond donors (Lipinski definition) is 1. The van der Waals surface area contributed by atoms with Gasteiger partial charge in [-0.1, -0.05) is 12.1 Å². The fourth-order valence-electron chi connectivity index (χ4n) is 4.44. The minimum absolute atomic E-state index is 0.119. The molecule has 0 unspecified atom stereocenters. The molecule has 2 saturated heterocycles. The van der Waals surface area contributed by atoms with Crippen molar-refractivity contribution in [2.75, 3.05) is 38.6 Å². The molecule has 0 radical (unpaired) electrons. The standard InChI is InChI=1S/C25H27FN4O5/c1-35-24(33)18-5-7-20(8-6-18)27-25(34)28-11-9-21(10-12-28)30-14-13-29(22(31)23(30)32)16-17-3-2-4-19(26)15-17/h2-8,15,21H,9-14,16H2,1H3,(H,27,34). The smallest absolute Gasteiger partial charge is 0.337 e. The van der Waals surface area contributed by atoms with Crippen LogP contribution in [0, 0.1) is 5.82 Å². The van der Waals surface area contributed by atoms with Crippen molar-refractivity contribution in [3.05, 3.63) is 65.5 Å². The number of benzene rings is 2. The average Bonchev–Trinajstić information content (AvgIpc) is 2.87. The molecule has 0 spiro atoms. The van der Waals surface area contributed by atoms with Gasteiger partial charge in [-0.05, 0) is 54.8 Å². The molecule has 1 N–H and O–H groups in total. The molecule has 184 valence electrons.